The van der Waals surface area contributed by atoms with Crippen LogP contribution in [-0.4, -0.2) is 65.2 Å². The highest BCUT2D eigenvalue weighted by Gasteiger charge is 2.28. The molecule has 0 aromatic rings. The van der Waals surface area contributed by atoms with E-state index >= 15 is 0 Å². The number of aliphatic hydroxyl groups is 1. The molecule has 0 spiro atoms. The maximum atomic E-state index is 12.0. The van der Waals surface area contributed by atoms with Crippen molar-refractivity contribution in [3.05, 3.63) is 0 Å². The van der Waals surface area contributed by atoms with E-state index in [4.69, 9.17) is 10.8 Å². The fourth-order valence-electron chi connectivity index (χ4n) is 2.12. The number of amides is 3. The molecule has 0 aliphatic heterocycles. The molecule has 3 amide bonds. The van der Waals surface area contributed by atoms with Crippen molar-refractivity contribution in [2.45, 2.75) is 52.2 Å². The molecule has 0 saturated carbocycles. The zero-order valence-electron chi connectivity index (χ0n) is 15.6. The number of hydrogen-bond acceptors (Lipinski definition) is 6. The lowest BCUT2D eigenvalue weighted by Crippen LogP contribution is -2.56. The maximum absolute atomic E-state index is 12.0. The molecule has 7 N–H and O–H groups in total. The summed E-state index contributed by atoms with van der Waals surface area (Å²) < 4.78 is 0. The quantitative estimate of drug-likeness (QED) is 0.247. The van der Waals surface area contributed by atoms with Crippen molar-refractivity contribution in [2.24, 2.45) is 17.6 Å². The number of carboxylic acids is 1. The van der Waals surface area contributed by atoms with Crippen molar-refractivity contribution in [1.82, 2.24) is 16.0 Å². The van der Waals surface area contributed by atoms with Crippen LogP contribution < -0.4 is 21.7 Å². The second kappa shape index (κ2) is 11.4. The Hall–Kier alpha value is -2.20. The second-order valence-electron chi connectivity index (χ2n) is 6.83. The van der Waals surface area contributed by atoms with Gasteiger partial charge >= 0.3 is 5.97 Å². The van der Waals surface area contributed by atoms with Gasteiger partial charge in [0.25, 0.3) is 0 Å². The Balaban J connectivity index is 4.57. The number of carbonyl (C=O) groups excluding carboxylic acids is 3. The summed E-state index contributed by atoms with van der Waals surface area (Å²) in [7, 11) is 0. The lowest BCUT2D eigenvalue weighted by Gasteiger charge is -2.22. The Morgan fingerprint density at radius 2 is 1.58 bits per heavy atom. The van der Waals surface area contributed by atoms with Gasteiger partial charge in [-0.3, -0.25) is 14.4 Å². The summed E-state index contributed by atoms with van der Waals surface area (Å²) in [5.74, 6) is -3.42. The molecule has 0 aliphatic rings. The first kappa shape index (κ1) is 23.8. The normalized spacial score (nSPS) is 14.5. The molecule has 3 atom stereocenters. The first-order valence-corrected chi connectivity index (χ1v) is 8.46. The Kier molecular flexibility index (Phi) is 10.5. The van der Waals surface area contributed by atoms with Crippen molar-refractivity contribution in [3.8, 4) is 0 Å². The van der Waals surface area contributed by atoms with Gasteiger partial charge in [-0.05, 0) is 18.3 Å². The number of hydrogen-bond donors (Lipinski definition) is 6. The van der Waals surface area contributed by atoms with E-state index < -0.39 is 55.0 Å². The van der Waals surface area contributed by atoms with Crippen molar-refractivity contribution in [2.75, 3.05) is 13.2 Å². The molecule has 0 aromatic carbocycles. The standard InChI is InChI=1S/C16H30N4O6/c1-8(2)5-10(17)14(23)18-6-12(22)19-11(7-21)15(24)20-13(9(3)4)16(25)26/h8-11,13,21H,5-7,17H2,1-4H3,(H,18,23)(H,19,22)(H,20,24)(H,25,26)/t10-,11-,13-/m0/s1. The molecule has 0 aromatic heterocycles. The van der Waals surface area contributed by atoms with Crippen LogP contribution in [-0.2, 0) is 19.2 Å². The Bertz CT molecular complexity index is 509. The first-order valence-electron chi connectivity index (χ1n) is 8.46. The van der Waals surface area contributed by atoms with Crippen LogP contribution in [0.3, 0.4) is 0 Å². The molecule has 0 fully saturated rings. The highest BCUT2D eigenvalue weighted by molar-refractivity contribution is 5.92. The summed E-state index contributed by atoms with van der Waals surface area (Å²) in [4.78, 5) is 46.7. The molecule has 0 heterocycles. The highest BCUT2D eigenvalue weighted by Crippen LogP contribution is 2.03. The number of nitrogens with two attached hydrogens (primary N) is 1. The second-order valence-corrected chi connectivity index (χ2v) is 6.83. The van der Waals surface area contributed by atoms with Gasteiger partial charge in [0.1, 0.15) is 12.1 Å². The third-order valence-electron chi connectivity index (χ3n) is 3.55. The van der Waals surface area contributed by atoms with Crippen molar-refractivity contribution in [1.29, 1.82) is 0 Å². The van der Waals surface area contributed by atoms with Gasteiger partial charge in [0, 0.05) is 0 Å². The van der Waals surface area contributed by atoms with Gasteiger partial charge < -0.3 is 31.9 Å². The molecule has 0 aliphatic carbocycles. The number of aliphatic hydroxyl groups excluding tert-OH is 1. The van der Waals surface area contributed by atoms with Gasteiger partial charge in [-0.1, -0.05) is 27.7 Å². The minimum atomic E-state index is -1.33. The number of carboxylic acid groups (broad SMARTS) is 1. The largest absolute Gasteiger partial charge is 0.480 e. The molecular weight excluding hydrogens is 344 g/mol. The van der Waals surface area contributed by atoms with Gasteiger partial charge in [0.15, 0.2) is 0 Å². The number of rotatable bonds is 11. The number of carbonyl (C=O) groups is 4. The predicted octanol–water partition coefficient (Wildman–Crippen LogP) is -1.82. The topological polar surface area (TPSA) is 171 Å². The summed E-state index contributed by atoms with van der Waals surface area (Å²) in [5, 5.41) is 25.2. The van der Waals surface area contributed by atoms with Crippen LogP contribution in [0, 0.1) is 11.8 Å². The third-order valence-corrected chi connectivity index (χ3v) is 3.55. The van der Waals surface area contributed by atoms with Crippen LogP contribution in [0.25, 0.3) is 0 Å². The minimum Gasteiger partial charge on any atom is -0.480 e. The van der Waals surface area contributed by atoms with Crippen molar-refractivity contribution >= 4 is 23.7 Å². The average Bonchev–Trinajstić information content (AvgIpc) is 2.53. The fraction of sp³-hybridized carbons (Fsp3) is 0.750. The average molecular weight is 374 g/mol. The molecule has 10 heteroatoms. The molecule has 150 valence electrons. The van der Waals surface area contributed by atoms with Crippen LogP contribution in [0.4, 0.5) is 0 Å². The van der Waals surface area contributed by atoms with Crippen LogP contribution in [0.15, 0.2) is 0 Å². The van der Waals surface area contributed by atoms with Crippen LogP contribution in [0.5, 0.6) is 0 Å². The molecule has 0 rings (SSSR count). The molecule has 0 radical (unpaired) electrons. The van der Waals surface area contributed by atoms with Crippen LogP contribution in [0.1, 0.15) is 34.1 Å². The molecule has 0 bridgehead atoms. The fourth-order valence-corrected chi connectivity index (χ4v) is 2.12. The summed E-state index contributed by atoms with van der Waals surface area (Å²) in [6, 6.07) is -3.23. The minimum absolute atomic E-state index is 0.218. The lowest BCUT2D eigenvalue weighted by atomic mass is 10.0. The number of nitrogens with one attached hydrogen (secondary N) is 3. The van der Waals surface area contributed by atoms with Gasteiger partial charge in [-0.15, -0.1) is 0 Å². The summed E-state index contributed by atoms with van der Waals surface area (Å²) in [6.45, 7) is 5.91. The number of aliphatic carboxylic acids is 1. The van der Waals surface area contributed by atoms with E-state index in [1.807, 2.05) is 13.8 Å². The third kappa shape index (κ3) is 8.77. The zero-order valence-corrected chi connectivity index (χ0v) is 15.6. The molecule has 26 heavy (non-hydrogen) atoms. The molecule has 0 unspecified atom stereocenters. The van der Waals surface area contributed by atoms with E-state index in [1.54, 1.807) is 13.8 Å². The highest BCUT2D eigenvalue weighted by atomic mass is 16.4. The van der Waals surface area contributed by atoms with E-state index in [2.05, 4.69) is 16.0 Å². The Morgan fingerprint density at radius 1 is 1.00 bits per heavy atom. The molecular formula is C16H30N4O6. The van der Waals surface area contributed by atoms with E-state index in [0.717, 1.165) is 0 Å². The maximum Gasteiger partial charge on any atom is 0.326 e. The first-order chi connectivity index (χ1) is 12.0. The van der Waals surface area contributed by atoms with Gasteiger partial charge in [0.2, 0.25) is 17.7 Å². The summed E-state index contributed by atoms with van der Waals surface area (Å²) >= 11 is 0. The Morgan fingerprint density at radius 3 is 2.00 bits per heavy atom. The predicted molar refractivity (Wildman–Crippen MR) is 93.9 cm³/mol. The van der Waals surface area contributed by atoms with Crippen molar-refractivity contribution in [3.63, 3.8) is 0 Å². The lowest BCUT2D eigenvalue weighted by molar-refractivity contribution is -0.143. The zero-order chi connectivity index (χ0) is 20.4. The summed E-state index contributed by atoms with van der Waals surface area (Å²) in [5.41, 5.74) is 5.69. The van der Waals surface area contributed by atoms with E-state index in [0.29, 0.717) is 6.42 Å². The molecule has 10 nitrogen and oxygen atoms in total. The summed E-state index contributed by atoms with van der Waals surface area (Å²) in [6.07, 6.45) is 0.459. The van der Waals surface area contributed by atoms with Crippen molar-refractivity contribution < 1.29 is 29.4 Å². The van der Waals surface area contributed by atoms with E-state index in [9.17, 15) is 24.3 Å². The molecule has 0 saturated heterocycles. The van der Waals surface area contributed by atoms with E-state index in [1.165, 1.54) is 0 Å². The van der Waals surface area contributed by atoms with Crippen LogP contribution in [0.2, 0.25) is 0 Å². The van der Waals surface area contributed by atoms with Gasteiger partial charge in [0.05, 0.1) is 19.2 Å². The smallest absolute Gasteiger partial charge is 0.326 e. The van der Waals surface area contributed by atoms with Crippen LogP contribution >= 0.6 is 0 Å². The van der Waals surface area contributed by atoms with E-state index in [-0.39, 0.29) is 11.8 Å². The van der Waals surface area contributed by atoms with Gasteiger partial charge in [-0.2, -0.15) is 0 Å². The SMILES string of the molecule is CC(C)C[C@H](N)C(=O)NCC(=O)N[C@@H](CO)C(=O)N[C@H](C(=O)O)C(C)C. The Labute approximate surface area is 152 Å². The monoisotopic (exact) mass is 374 g/mol. The van der Waals surface area contributed by atoms with Gasteiger partial charge in [-0.25, -0.2) is 4.79 Å².